The van der Waals surface area contributed by atoms with Gasteiger partial charge in [-0.05, 0) is 36.4 Å². The number of carbonyl (C=O) groups is 3. The van der Waals surface area contributed by atoms with Crippen LogP contribution in [-0.2, 0) is 19.1 Å². The molecular weight excluding hydrogens is 376 g/mol. The minimum atomic E-state index is -0.638. The number of methoxy groups -OCH3 is 2. The highest BCUT2D eigenvalue weighted by atomic mass is 16.6. The first-order valence-electron chi connectivity index (χ1n) is 8.38. The molecule has 0 radical (unpaired) electrons. The van der Waals surface area contributed by atoms with Crippen molar-refractivity contribution in [3.8, 4) is 11.8 Å². The van der Waals surface area contributed by atoms with Crippen molar-refractivity contribution < 1.29 is 28.6 Å². The number of benzene rings is 2. The van der Waals surface area contributed by atoms with Crippen LogP contribution in [0, 0.1) is 11.3 Å². The molecule has 0 unspecified atom stereocenters. The van der Waals surface area contributed by atoms with Crippen molar-refractivity contribution in [3.63, 3.8) is 0 Å². The van der Waals surface area contributed by atoms with E-state index in [9.17, 15) is 19.6 Å². The molecule has 0 spiro atoms. The lowest BCUT2D eigenvalue weighted by molar-refractivity contribution is -0.142. The van der Waals surface area contributed by atoms with Gasteiger partial charge in [-0.25, -0.2) is 9.59 Å². The van der Waals surface area contributed by atoms with E-state index in [1.54, 1.807) is 24.3 Å². The summed E-state index contributed by atoms with van der Waals surface area (Å²) in [6.45, 7) is -0.304. The third-order valence-electron chi connectivity index (χ3n) is 3.72. The van der Waals surface area contributed by atoms with E-state index in [1.165, 1.54) is 44.6 Å². The number of anilines is 1. The number of esters is 2. The number of amides is 1. The highest BCUT2D eigenvalue weighted by Gasteiger charge is 2.13. The van der Waals surface area contributed by atoms with Crippen molar-refractivity contribution in [2.45, 2.75) is 0 Å². The van der Waals surface area contributed by atoms with Gasteiger partial charge in [0.15, 0.2) is 6.61 Å². The molecule has 0 aliphatic carbocycles. The minimum Gasteiger partial charge on any atom is -0.481 e. The van der Waals surface area contributed by atoms with E-state index < -0.39 is 17.8 Å². The molecule has 0 fully saturated rings. The van der Waals surface area contributed by atoms with Crippen molar-refractivity contribution in [2.75, 3.05) is 26.1 Å². The number of para-hydroxylation sites is 1. The Kier molecular flexibility index (Phi) is 7.51. The van der Waals surface area contributed by atoms with E-state index in [-0.39, 0.29) is 12.2 Å². The van der Waals surface area contributed by atoms with Crippen LogP contribution in [0.1, 0.15) is 15.9 Å². The number of rotatable bonds is 7. The standard InChI is InChI=1S/C21H18N2O6/c1-27-19(24)13-29-18-6-4-3-5-15(18)11-16(12-22)20(25)23-17-9-7-14(8-10-17)21(26)28-2/h3-11H,13H2,1-2H3,(H,23,25)/b16-11+. The number of nitriles is 1. The van der Waals surface area contributed by atoms with Gasteiger partial charge < -0.3 is 19.5 Å². The molecule has 0 atom stereocenters. The van der Waals surface area contributed by atoms with Gasteiger partial charge in [-0.1, -0.05) is 18.2 Å². The van der Waals surface area contributed by atoms with Crippen molar-refractivity contribution in [3.05, 3.63) is 65.2 Å². The van der Waals surface area contributed by atoms with Crippen molar-refractivity contribution >= 4 is 29.6 Å². The van der Waals surface area contributed by atoms with E-state index in [0.29, 0.717) is 22.6 Å². The summed E-state index contributed by atoms with van der Waals surface area (Å²) < 4.78 is 14.5. The van der Waals surface area contributed by atoms with E-state index in [2.05, 4.69) is 14.8 Å². The number of nitrogens with one attached hydrogen (secondary N) is 1. The van der Waals surface area contributed by atoms with Crippen LogP contribution in [-0.4, -0.2) is 38.7 Å². The Bertz CT molecular complexity index is 973. The first-order valence-corrected chi connectivity index (χ1v) is 8.38. The summed E-state index contributed by atoms with van der Waals surface area (Å²) in [6.07, 6.45) is 1.35. The summed E-state index contributed by atoms with van der Waals surface area (Å²) in [5, 5.41) is 12.0. The number of carbonyl (C=O) groups excluding carboxylic acids is 3. The molecule has 148 valence electrons. The molecule has 8 nitrogen and oxygen atoms in total. The number of ether oxygens (including phenoxy) is 3. The maximum Gasteiger partial charge on any atom is 0.343 e. The van der Waals surface area contributed by atoms with Crippen LogP contribution in [0.25, 0.3) is 6.08 Å². The summed E-state index contributed by atoms with van der Waals surface area (Å²) in [7, 11) is 2.52. The zero-order chi connectivity index (χ0) is 21.2. The Morgan fingerprint density at radius 3 is 2.34 bits per heavy atom. The van der Waals surface area contributed by atoms with Gasteiger partial charge in [0.25, 0.3) is 5.91 Å². The molecule has 0 saturated heterocycles. The Balaban J connectivity index is 2.17. The van der Waals surface area contributed by atoms with Gasteiger partial charge in [-0.15, -0.1) is 0 Å². The molecule has 2 aromatic carbocycles. The second kappa shape index (κ2) is 10.3. The average molecular weight is 394 g/mol. The van der Waals surface area contributed by atoms with E-state index in [1.807, 2.05) is 6.07 Å². The zero-order valence-electron chi connectivity index (χ0n) is 15.8. The topological polar surface area (TPSA) is 115 Å². The molecule has 29 heavy (non-hydrogen) atoms. The van der Waals surface area contributed by atoms with Crippen LogP contribution in [0.4, 0.5) is 5.69 Å². The zero-order valence-corrected chi connectivity index (χ0v) is 15.8. The van der Waals surface area contributed by atoms with Gasteiger partial charge in [-0.2, -0.15) is 5.26 Å². The molecule has 0 aliphatic rings. The normalized spacial score (nSPS) is 10.4. The molecule has 0 aromatic heterocycles. The van der Waals surface area contributed by atoms with Gasteiger partial charge in [0, 0.05) is 11.3 Å². The Labute approximate surface area is 167 Å². The quantitative estimate of drug-likeness (QED) is 0.436. The highest BCUT2D eigenvalue weighted by molar-refractivity contribution is 6.10. The van der Waals surface area contributed by atoms with E-state index >= 15 is 0 Å². The van der Waals surface area contributed by atoms with Gasteiger partial charge in [-0.3, -0.25) is 4.79 Å². The Morgan fingerprint density at radius 1 is 1.03 bits per heavy atom. The SMILES string of the molecule is COC(=O)COc1ccccc1/C=C(\C#N)C(=O)Nc1ccc(C(=O)OC)cc1. The van der Waals surface area contributed by atoms with Gasteiger partial charge in [0.05, 0.1) is 19.8 Å². The summed E-state index contributed by atoms with van der Waals surface area (Å²) >= 11 is 0. The van der Waals surface area contributed by atoms with Gasteiger partial charge >= 0.3 is 11.9 Å². The predicted molar refractivity (Wildman–Crippen MR) is 104 cm³/mol. The lowest BCUT2D eigenvalue weighted by Gasteiger charge is -2.09. The maximum atomic E-state index is 12.4. The summed E-state index contributed by atoms with van der Waals surface area (Å²) in [4.78, 5) is 35.2. The predicted octanol–water partition coefficient (Wildman–Crippen LogP) is 2.57. The molecule has 0 aliphatic heterocycles. The maximum absolute atomic E-state index is 12.4. The number of hydrogen-bond donors (Lipinski definition) is 1. The van der Waals surface area contributed by atoms with Crippen LogP contribution >= 0.6 is 0 Å². The fraction of sp³-hybridized carbons (Fsp3) is 0.143. The summed E-state index contributed by atoms with van der Waals surface area (Å²) in [6, 6.07) is 14.5. The van der Waals surface area contributed by atoms with Crippen LogP contribution in [0.2, 0.25) is 0 Å². The number of nitrogens with zero attached hydrogens (tertiary/aromatic N) is 1. The molecule has 1 amide bonds. The largest absolute Gasteiger partial charge is 0.481 e. The van der Waals surface area contributed by atoms with Gasteiger partial charge in [0.1, 0.15) is 17.4 Å². The Hall–Kier alpha value is -4.12. The smallest absolute Gasteiger partial charge is 0.343 e. The molecule has 2 aromatic rings. The Morgan fingerprint density at radius 2 is 1.72 bits per heavy atom. The third-order valence-corrected chi connectivity index (χ3v) is 3.72. The fourth-order valence-corrected chi connectivity index (χ4v) is 2.24. The minimum absolute atomic E-state index is 0.170. The van der Waals surface area contributed by atoms with E-state index in [0.717, 1.165) is 0 Å². The second-order valence-electron chi connectivity index (χ2n) is 5.60. The molecule has 0 bridgehead atoms. The van der Waals surface area contributed by atoms with Crippen LogP contribution in [0.3, 0.4) is 0 Å². The lowest BCUT2D eigenvalue weighted by atomic mass is 10.1. The average Bonchev–Trinajstić information content (AvgIpc) is 2.76. The molecule has 8 heteroatoms. The molecular formula is C21H18N2O6. The highest BCUT2D eigenvalue weighted by Crippen LogP contribution is 2.21. The van der Waals surface area contributed by atoms with Gasteiger partial charge in [0.2, 0.25) is 0 Å². The second-order valence-corrected chi connectivity index (χ2v) is 5.60. The first kappa shape index (κ1) is 21.2. The van der Waals surface area contributed by atoms with Crippen LogP contribution in [0.15, 0.2) is 54.1 Å². The summed E-state index contributed by atoms with van der Waals surface area (Å²) in [5.74, 6) is -1.37. The van der Waals surface area contributed by atoms with Crippen molar-refractivity contribution in [1.29, 1.82) is 5.26 Å². The molecule has 0 heterocycles. The van der Waals surface area contributed by atoms with E-state index in [4.69, 9.17) is 4.74 Å². The monoisotopic (exact) mass is 394 g/mol. The van der Waals surface area contributed by atoms with Crippen molar-refractivity contribution in [1.82, 2.24) is 0 Å². The third kappa shape index (κ3) is 5.94. The molecule has 1 N–H and O–H groups in total. The van der Waals surface area contributed by atoms with Crippen LogP contribution in [0.5, 0.6) is 5.75 Å². The molecule has 2 rings (SSSR count). The number of hydrogen-bond acceptors (Lipinski definition) is 7. The fourth-order valence-electron chi connectivity index (χ4n) is 2.24. The lowest BCUT2D eigenvalue weighted by Crippen LogP contribution is -2.14. The van der Waals surface area contributed by atoms with Crippen LogP contribution < -0.4 is 10.1 Å². The summed E-state index contributed by atoms with van der Waals surface area (Å²) in [5.41, 5.74) is 1.01. The van der Waals surface area contributed by atoms with Crippen molar-refractivity contribution in [2.24, 2.45) is 0 Å². The first-order chi connectivity index (χ1) is 14.0. The molecule has 0 saturated carbocycles.